The Morgan fingerprint density at radius 1 is 0.444 bits per heavy atom. The third-order valence-electron chi connectivity index (χ3n) is 3.71. The molecule has 0 spiro atoms. The summed E-state index contributed by atoms with van der Waals surface area (Å²) in [6.07, 6.45) is -2.78. The number of carbonyl (C=O) groups excluding carboxylic acids is 6. The fraction of sp³-hybridized carbons (Fsp3) is 0.417. The molecule has 0 aromatic heterocycles. The average molecular weight is 510 g/mol. The molecule has 0 fully saturated rings. The van der Waals surface area contributed by atoms with Gasteiger partial charge in [-0.05, 0) is 27.7 Å². The van der Waals surface area contributed by atoms with Crippen molar-refractivity contribution >= 4 is 35.8 Å². The minimum Gasteiger partial charge on any atom is -0.458 e. The third kappa shape index (κ3) is 12.9. The summed E-state index contributed by atoms with van der Waals surface area (Å²) in [6.45, 7) is 16.8. The minimum atomic E-state index is -1.56. The van der Waals surface area contributed by atoms with Crippen LogP contribution in [-0.4, -0.2) is 74.5 Å². The maximum atomic E-state index is 12.3. The molecule has 0 aromatic carbocycles. The molecule has 0 aromatic rings. The molecule has 0 unspecified atom stereocenters. The monoisotopic (exact) mass is 510 g/mol. The summed E-state index contributed by atoms with van der Waals surface area (Å²) in [7, 11) is 0. The molecule has 0 heterocycles. The molecule has 0 atom stereocenters. The van der Waals surface area contributed by atoms with Crippen LogP contribution in [0.1, 0.15) is 27.7 Å². The minimum absolute atomic E-state index is 0.0508. The van der Waals surface area contributed by atoms with Crippen LogP contribution in [0.2, 0.25) is 0 Å². The summed E-state index contributed by atoms with van der Waals surface area (Å²) in [5.74, 6) is -6.38. The molecule has 0 bridgehead atoms. The second-order valence-corrected chi connectivity index (χ2v) is 7.57. The van der Waals surface area contributed by atoms with Crippen molar-refractivity contribution < 1.29 is 57.2 Å². The number of esters is 6. The van der Waals surface area contributed by atoms with Gasteiger partial charge in [0.1, 0.15) is 26.4 Å². The zero-order chi connectivity index (χ0) is 28.0. The maximum Gasteiger partial charge on any atom is 0.418 e. The lowest BCUT2D eigenvalue weighted by atomic mass is 10.3. The van der Waals surface area contributed by atoms with Gasteiger partial charge in [-0.25, -0.2) is 28.8 Å². The fourth-order valence-electron chi connectivity index (χ4n) is 1.80. The van der Waals surface area contributed by atoms with Gasteiger partial charge in [-0.3, -0.25) is 0 Å². The first-order chi connectivity index (χ1) is 16.6. The Hall–Kier alpha value is -4.22. The predicted molar refractivity (Wildman–Crippen MR) is 123 cm³/mol. The standard InChI is InChI=1S/C24H30O12/c1-13(2)19(25)31-9-17(10-32-20(26)14(3)4)35-23(29)24(30)36-18(11-33-21(27)15(5)6)12-34-22(28)16(7)8/h17-18H,1,3,5,7,9-12H2,2,4,6,8H3. The Bertz CT molecular complexity index is 807. The van der Waals surface area contributed by atoms with Crippen molar-refractivity contribution in [2.45, 2.75) is 39.9 Å². The van der Waals surface area contributed by atoms with Gasteiger partial charge in [-0.15, -0.1) is 0 Å². The second kappa shape index (κ2) is 15.6. The Morgan fingerprint density at radius 3 is 0.806 bits per heavy atom. The van der Waals surface area contributed by atoms with Crippen molar-refractivity contribution in [2.24, 2.45) is 0 Å². The van der Waals surface area contributed by atoms with E-state index < -0.39 is 74.5 Å². The molecule has 0 aliphatic rings. The molecule has 0 saturated carbocycles. The lowest BCUT2D eigenvalue weighted by molar-refractivity contribution is -0.183. The van der Waals surface area contributed by atoms with E-state index in [2.05, 4.69) is 26.3 Å². The molecular formula is C24H30O12. The van der Waals surface area contributed by atoms with Crippen LogP contribution >= 0.6 is 0 Å². The molecule has 0 amide bonds. The van der Waals surface area contributed by atoms with E-state index in [4.69, 9.17) is 28.4 Å². The molecule has 36 heavy (non-hydrogen) atoms. The van der Waals surface area contributed by atoms with Gasteiger partial charge in [0.2, 0.25) is 0 Å². The summed E-state index contributed by atoms with van der Waals surface area (Å²) < 4.78 is 29.4. The van der Waals surface area contributed by atoms with Crippen LogP contribution in [0.5, 0.6) is 0 Å². The highest BCUT2D eigenvalue weighted by Gasteiger charge is 2.29. The smallest absolute Gasteiger partial charge is 0.418 e. The lowest BCUT2D eigenvalue weighted by Crippen LogP contribution is -2.37. The Labute approximate surface area is 208 Å². The highest BCUT2D eigenvalue weighted by atomic mass is 16.6. The van der Waals surface area contributed by atoms with Crippen molar-refractivity contribution in [3.63, 3.8) is 0 Å². The van der Waals surface area contributed by atoms with Crippen LogP contribution in [0.4, 0.5) is 0 Å². The normalized spacial score (nSPS) is 10.1. The van der Waals surface area contributed by atoms with E-state index >= 15 is 0 Å². The number of hydrogen-bond acceptors (Lipinski definition) is 12. The van der Waals surface area contributed by atoms with Crippen LogP contribution in [0, 0.1) is 0 Å². The SMILES string of the molecule is C=C(C)C(=O)OCC(COC(=O)C(=C)C)OC(=O)C(=O)OC(COC(=O)C(=C)C)COC(=O)C(=C)C. The molecule has 0 N–H and O–H groups in total. The van der Waals surface area contributed by atoms with E-state index in [1.54, 1.807) is 0 Å². The van der Waals surface area contributed by atoms with Crippen molar-refractivity contribution in [2.75, 3.05) is 26.4 Å². The number of ether oxygens (including phenoxy) is 6. The van der Waals surface area contributed by atoms with Gasteiger partial charge in [-0.1, -0.05) is 26.3 Å². The van der Waals surface area contributed by atoms with Crippen molar-refractivity contribution in [1.29, 1.82) is 0 Å². The van der Waals surface area contributed by atoms with Gasteiger partial charge in [0.25, 0.3) is 0 Å². The zero-order valence-corrected chi connectivity index (χ0v) is 20.7. The van der Waals surface area contributed by atoms with Gasteiger partial charge < -0.3 is 28.4 Å². The number of hydrogen-bond donors (Lipinski definition) is 0. The molecule has 0 saturated heterocycles. The first kappa shape index (κ1) is 31.8. The van der Waals surface area contributed by atoms with Crippen molar-refractivity contribution in [3.8, 4) is 0 Å². The maximum absolute atomic E-state index is 12.3. The average Bonchev–Trinajstić information content (AvgIpc) is 2.80. The van der Waals surface area contributed by atoms with Crippen molar-refractivity contribution in [3.05, 3.63) is 48.6 Å². The quantitative estimate of drug-likeness (QED) is 0.143. The van der Waals surface area contributed by atoms with Crippen LogP contribution in [0.3, 0.4) is 0 Å². The second-order valence-electron chi connectivity index (χ2n) is 7.57. The van der Waals surface area contributed by atoms with Crippen LogP contribution < -0.4 is 0 Å². The Kier molecular flexibility index (Phi) is 13.8. The molecule has 0 rings (SSSR count). The molecule has 0 radical (unpaired) electrons. The molecule has 198 valence electrons. The van der Waals surface area contributed by atoms with Crippen LogP contribution in [0.15, 0.2) is 48.6 Å². The summed E-state index contributed by atoms with van der Waals surface area (Å²) >= 11 is 0. The Balaban J connectivity index is 5.32. The molecule has 12 nitrogen and oxygen atoms in total. The van der Waals surface area contributed by atoms with E-state index in [0.717, 1.165) is 0 Å². The van der Waals surface area contributed by atoms with Crippen LogP contribution in [-0.2, 0) is 57.2 Å². The lowest BCUT2D eigenvalue weighted by Gasteiger charge is -2.20. The van der Waals surface area contributed by atoms with E-state index in [0.29, 0.717) is 0 Å². The third-order valence-corrected chi connectivity index (χ3v) is 3.71. The summed E-state index contributed by atoms with van der Waals surface area (Å²) in [5, 5.41) is 0. The van der Waals surface area contributed by atoms with E-state index in [1.165, 1.54) is 27.7 Å². The topological polar surface area (TPSA) is 158 Å². The van der Waals surface area contributed by atoms with Gasteiger partial charge in [0.05, 0.1) is 0 Å². The first-order valence-electron chi connectivity index (χ1n) is 10.4. The highest BCUT2D eigenvalue weighted by molar-refractivity contribution is 6.29. The van der Waals surface area contributed by atoms with E-state index in [-0.39, 0.29) is 22.3 Å². The van der Waals surface area contributed by atoms with Gasteiger partial charge in [-0.2, -0.15) is 0 Å². The summed E-state index contributed by atoms with van der Waals surface area (Å²) in [6, 6.07) is 0. The van der Waals surface area contributed by atoms with Gasteiger partial charge in [0.15, 0.2) is 12.2 Å². The highest BCUT2D eigenvalue weighted by Crippen LogP contribution is 2.06. The molecule has 0 aliphatic carbocycles. The fourth-order valence-corrected chi connectivity index (χ4v) is 1.80. The largest absolute Gasteiger partial charge is 0.458 e. The predicted octanol–water partition coefficient (Wildman–Crippen LogP) is 1.29. The molecular weight excluding hydrogens is 480 g/mol. The zero-order valence-electron chi connectivity index (χ0n) is 20.7. The van der Waals surface area contributed by atoms with Gasteiger partial charge in [0, 0.05) is 22.3 Å². The van der Waals surface area contributed by atoms with Crippen molar-refractivity contribution in [1.82, 2.24) is 0 Å². The molecule has 12 heteroatoms. The summed E-state index contributed by atoms with van der Waals surface area (Å²) in [5.41, 5.74) is 0.203. The number of rotatable bonds is 14. The van der Waals surface area contributed by atoms with E-state index in [9.17, 15) is 28.8 Å². The Morgan fingerprint density at radius 2 is 0.639 bits per heavy atom. The summed E-state index contributed by atoms with van der Waals surface area (Å²) in [4.78, 5) is 71.1. The molecule has 0 aliphatic heterocycles. The first-order valence-corrected chi connectivity index (χ1v) is 10.4. The number of carbonyl (C=O) groups is 6. The van der Waals surface area contributed by atoms with Crippen LogP contribution in [0.25, 0.3) is 0 Å². The van der Waals surface area contributed by atoms with Gasteiger partial charge >= 0.3 is 35.8 Å². The van der Waals surface area contributed by atoms with E-state index in [1.807, 2.05) is 0 Å².